The predicted molar refractivity (Wildman–Crippen MR) is 71.9 cm³/mol. The van der Waals surface area contributed by atoms with Crippen LogP contribution in [0.4, 0.5) is 0 Å². The van der Waals surface area contributed by atoms with Crippen LogP contribution in [-0.2, 0) is 0 Å². The van der Waals surface area contributed by atoms with Gasteiger partial charge in [0.05, 0.1) is 5.71 Å². The monoisotopic (exact) mass is 213 g/mol. The molecule has 0 aliphatic rings. The van der Waals surface area contributed by atoms with E-state index in [2.05, 4.69) is 45.6 Å². The first-order chi connectivity index (χ1) is 7.56. The van der Waals surface area contributed by atoms with Gasteiger partial charge in [-0.15, -0.1) is 0 Å². The Morgan fingerprint density at radius 1 is 1.31 bits per heavy atom. The van der Waals surface area contributed by atoms with Gasteiger partial charge in [0.15, 0.2) is 0 Å². The van der Waals surface area contributed by atoms with E-state index < -0.39 is 0 Å². The first kappa shape index (κ1) is 12.4. The van der Waals surface area contributed by atoms with Crippen molar-refractivity contribution in [2.24, 2.45) is 5.92 Å². The summed E-state index contributed by atoms with van der Waals surface area (Å²) < 4.78 is 0. The summed E-state index contributed by atoms with van der Waals surface area (Å²) in [6.45, 7) is 9.95. The Morgan fingerprint density at radius 2 is 1.94 bits per heavy atom. The zero-order valence-corrected chi connectivity index (χ0v) is 10.2. The Labute approximate surface area is 98.0 Å². The number of benzene rings is 1. The lowest BCUT2D eigenvalue weighted by Crippen LogP contribution is -2.04. The second-order valence-electron chi connectivity index (χ2n) is 4.23. The van der Waals surface area contributed by atoms with Gasteiger partial charge in [0.2, 0.25) is 0 Å². The number of hydrogen-bond acceptors (Lipinski definition) is 1. The maximum absolute atomic E-state index is 7.86. The molecule has 0 fully saturated rings. The van der Waals surface area contributed by atoms with Crippen LogP contribution in [-0.4, -0.2) is 5.71 Å². The van der Waals surface area contributed by atoms with Gasteiger partial charge in [0.1, 0.15) is 0 Å². The van der Waals surface area contributed by atoms with Gasteiger partial charge in [0.25, 0.3) is 0 Å². The standard InChI is InChI=1S/C15H19N/c1-5-15(16)14(11(2)3)10-13-9-7-6-8-12(13)4/h5-11,16H,1H2,2-4H3/b14-10-,16-15?. The van der Waals surface area contributed by atoms with Crippen LogP contribution >= 0.6 is 0 Å². The third-order valence-corrected chi connectivity index (χ3v) is 2.64. The molecule has 1 N–H and O–H groups in total. The van der Waals surface area contributed by atoms with E-state index in [1.807, 2.05) is 12.1 Å². The van der Waals surface area contributed by atoms with Crippen molar-refractivity contribution < 1.29 is 0 Å². The van der Waals surface area contributed by atoms with Crippen molar-refractivity contribution in [1.82, 2.24) is 0 Å². The summed E-state index contributed by atoms with van der Waals surface area (Å²) in [5.41, 5.74) is 3.96. The number of aryl methyl sites for hydroxylation is 1. The zero-order chi connectivity index (χ0) is 12.1. The smallest absolute Gasteiger partial charge is 0.0568 e. The number of nitrogens with one attached hydrogen (secondary N) is 1. The molecule has 0 saturated carbocycles. The van der Waals surface area contributed by atoms with Crippen LogP contribution in [0, 0.1) is 18.3 Å². The van der Waals surface area contributed by atoms with Gasteiger partial charge in [-0.3, -0.25) is 0 Å². The van der Waals surface area contributed by atoms with Gasteiger partial charge >= 0.3 is 0 Å². The van der Waals surface area contributed by atoms with Crippen LogP contribution in [0.25, 0.3) is 6.08 Å². The summed E-state index contributed by atoms with van der Waals surface area (Å²) in [4.78, 5) is 0. The highest BCUT2D eigenvalue weighted by atomic mass is 14.4. The van der Waals surface area contributed by atoms with Gasteiger partial charge in [-0.2, -0.15) is 0 Å². The summed E-state index contributed by atoms with van der Waals surface area (Å²) >= 11 is 0. The Morgan fingerprint density at radius 3 is 2.44 bits per heavy atom. The maximum Gasteiger partial charge on any atom is 0.0568 e. The summed E-state index contributed by atoms with van der Waals surface area (Å²) in [7, 11) is 0. The van der Waals surface area contributed by atoms with Crippen molar-refractivity contribution in [2.45, 2.75) is 20.8 Å². The molecule has 0 unspecified atom stereocenters. The molecule has 0 amide bonds. The molecule has 0 aliphatic heterocycles. The van der Waals surface area contributed by atoms with E-state index in [0.717, 1.165) is 5.57 Å². The molecule has 84 valence electrons. The van der Waals surface area contributed by atoms with Crippen LogP contribution < -0.4 is 0 Å². The minimum absolute atomic E-state index is 0.338. The number of hydrogen-bond donors (Lipinski definition) is 1. The molecule has 0 saturated heterocycles. The van der Waals surface area contributed by atoms with Gasteiger partial charge < -0.3 is 5.41 Å². The third-order valence-electron chi connectivity index (χ3n) is 2.64. The van der Waals surface area contributed by atoms with Crippen LogP contribution in [0.1, 0.15) is 25.0 Å². The van der Waals surface area contributed by atoms with Crippen molar-refractivity contribution >= 4 is 11.8 Å². The van der Waals surface area contributed by atoms with E-state index in [9.17, 15) is 0 Å². The molecule has 16 heavy (non-hydrogen) atoms. The normalized spacial score (nSPS) is 11.6. The molecular weight excluding hydrogens is 194 g/mol. The van der Waals surface area contributed by atoms with Crippen molar-refractivity contribution in [2.75, 3.05) is 0 Å². The molecule has 0 atom stereocenters. The highest BCUT2D eigenvalue weighted by Gasteiger charge is 2.07. The minimum Gasteiger partial charge on any atom is -0.301 e. The van der Waals surface area contributed by atoms with Crippen molar-refractivity contribution in [3.63, 3.8) is 0 Å². The van der Waals surface area contributed by atoms with Gasteiger partial charge in [0, 0.05) is 0 Å². The van der Waals surface area contributed by atoms with Crippen LogP contribution in [0.3, 0.4) is 0 Å². The highest BCUT2D eigenvalue weighted by Crippen LogP contribution is 2.18. The van der Waals surface area contributed by atoms with E-state index in [0.29, 0.717) is 11.6 Å². The first-order valence-electron chi connectivity index (χ1n) is 5.54. The second-order valence-corrected chi connectivity index (χ2v) is 4.23. The van der Waals surface area contributed by atoms with Crippen molar-refractivity contribution in [3.05, 3.63) is 53.6 Å². The molecule has 0 heterocycles. The Kier molecular flexibility index (Phi) is 4.24. The largest absolute Gasteiger partial charge is 0.301 e. The molecule has 1 heteroatoms. The predicted octanol–water partition coefficient (Wildman–Crippen LogP) is 4.24. The van der Waals surface area contributed by atoms with Gasteiger partial charge in [-0.1, -0.05) is 44.7 Å². The SMILES string of the molecule is C=CC(=N)/C(=C\c1ccccc1C)C(C)C. The highest BCUT2D eigenvalue weighted by molar-refractivity contribution is 6.09. The molecule has 1 rings (SSSR count). The zero-order valence-electron chi connectivity index (χ0n) is 10.2. The summed E-state index contributed by atoms with van der Waals surface area (Å²) in [6, 6.07) is 8.21. The lowest BCUT2D eigenvalue weighted by atomic mass is 9.94. The van der Waals surface area contributed by atoms with E-state index in [-0.39, 0.29) is 0 Å². The second kappa shape index (κ2) is 5.45. The molecule has 1 aromatic rings. The third kappa shape index (κ3) is 2.93. The maximum atomic E-state index is 7.86. The van der Waals surface area contributed by atoms with E-state index in [4.69, 9.17) is 5.41 Å². The molecule has 0 aromatic heterocycles. The van der Waals surface area contributed by atoms with Crippen LogP contribution in [0.5, 0.6) is 0 Å². The van der Waals surface area contributed by atoms with Crippen LogP contribution in [0.15, 0.2) is 42.5 Å². The quantitative estimate of drug-likeness (QED) is 0.723. The Bertz CT molecular complexity index is 425. The van der Waals surface area contributed by atoms with Crippen molar-refractivity contribution in [1.29, 1.82) is 5.41 Å². The van der Waals surface area contributed by atoms with E-state index in [1.165, 1.54) is 11.1 Å². The molecule has 0 bridgehead atoms. The molecule has 1 nitrogen and oxygen atoms in total. The Balaban J connectivity index is 3.18. The van der Waals surface area contributed by atoms with Gasteiger partial charge in [-0.05, 0) is 41.7 Å². The van der Waals surface area contributed by atoms with Crippen molar-refractivity contribution in [3.8, 4) is 0 Å². The average Bonchev–Trinajstić information content (AvgIpc) is 2.26. The summed E-state index contributed by atoms with van der Waals surface area (Å²) in [5.74, 6) is 0.338. The summed E-state index contributed by atoms with van der Waals surface area (Å²) in [5, 5.41) is 7.86. The number of rotatable bonds is 4. The van der Waals surface area contributed by atoms with Crippen LogP contribution in [0.2, 0.25) is 0 Å². The molecule has 0 radical (unpaired) electrons. The minimum atomic E-state index is 0.338. The average molecular weight is 213 g/mol. The Hall–Kier alpha value is -1.63. The lowest BCUT2D eigenvalue weighted by molar-refractivity contribution is 0.808. The topological polar surface area (TPSA) is 23.9 Å². The molecular formula is C15H19N. The van der Waals surface area contributed by atoms with E-state index >= 15 is 0 Å². The number of allylic oxidation sites excluding steroid dienone is 2. The van der Waals surface area contributed by atoms with E-state index in [1.54, 1.807) is 6.08 Å². The molecule has 0 aliphatic carbocycles. The fraction of sp³-hybridized carbons (Fsp3) is 0.267. The molecule has 1 aromatic carbocycles. The first-order valence-corrected chi connectivity index (χ1v) is 5.54. The lowest BCUT2D eigenvalue weighted by Gasteiger charge is -2.11. The fourth-order valence-corrected chi connectivity index (χ4v) is 1.59. The molecule has 0 spiro atoms. The van der Waals surface area contributed by atoms with Gasteiger partial charge in [-0.25, -0.2) is 0 Å². The fourth-order valence-electron chi connectivity index (χ4n) is 1.59. The summed E-state index contributed by atoms with van der Waals surface area (Å²) in [6.07, 6.45) is 3.69.